The lowest BCUT2D eigenvalue weighted by atomic mass is 10.1. The van der Waals surface area contributed by atoms with Gasteiger partial charge in [-0.2, -0.15) is 0 Å². The second kappa shape index (κ2) is 2.73. The molecule has 2 fully saturated rings. The fourth-order valence-electron chi connectivity index (χ4n) is 1.44. The molecule has 1 saturated carbocycles. The first-order valence-electron chi connectivity index (χ1n) is 4.60. The van der Waals surface area contributed by atoms with Crippen LogP contribution in [0.2, 0.25) is 0 Å². The van der Waals surface area contributed by atoms with Crippen LogP contribution in [-0.4, -0.2) is 25.2 Å². The van der Waals surface area contributed by atoms with Gasteiger partial charge in [0.2, 0.25) is 0 Å². The summed E-state index contributed by atoms with van der Waals surface area (Å²) in [6.45, 7) is 3.81. The van der Waals surface area contributed by atoms with E-state index in [1.807, 2.05) is 0 Å². The molecule has 0 radical (unpaired) electrons. The van der Waals surface area contributed by atoms with Crippen LogP contribution in [0, 0.1) is 5.41 Å². The molecule has 12 heavy (non-hydrogen) atoms. The molecule has 0 aromatic carbocycles. The molecule has 1 aliphatic carbocycles. The van der Waals surface area contributed by atoms with E-state index < -0.39 is 0 Å². The molecule has 0 spiro atoms. The van der Waals surface area contributed by atoms with E-state index in [0.29, 0.717) is 12.0 Å². The number of esters is 1. The number of carbonyl (C=O) groups is 1. The Morgan fingerprint density at radius 1 is 1.67 bits per heavy atom. The van der Waals surface area contributed by atoms with Crippen LogP contribution in [0.4, 0.5) is 0 Å². The number of hydrogen-bond donors (Lipinski definition) is 1. The van der Waals surface area contributed by atoms with E-state index in [1.165, 1.54) is 12.8 Å². The van der Waals surface area contributed by atoms with Crippen molar-refractivity contribution < 1.29 is 9.53 Å². The minimum absolute atomic E-state index is 0.0255. The number of cyclic esters (lactones) is 1. The first-order valence-corrected chi connectivity index (χ1v) is 4.60. The third-order valence-electron chi connectivity index (χ3n) is 2.81. The van der Waals surface area contributed by atoms with Crippen molar-refractivity contribution in [3.05, 3.63) is 0 Å². The van der Waals surface area contributed by atoms with Crippen LogP contribution in [0.15, 0.2) is 0 Å². The molecule has 0 aromatic rings. The van der Waals surface area contributed by atoms with E-state index in [4.69, 9.17) is 4.74 Å². The number of carbonyl (C=O) groups excluding carboxylic acids is 1. The summed E-state index contributed by atoms with van der Waals surface area (Å²) in [6, 6.07) is -0.0255. The second-order valence-corrected chi connectivity index (χ2v) is 4.20. The maximum absolute atomic E-state index is 11.0. The van der Waals surface area contributed by atoms with Gasteiger partial charge in [0.25, 0.3) is 0 Å². The maximum Gasteiger partial charge on any atom is 0.323 e. The lowest BCUT2D eigenvalue weighted by Crippen LogP contribution is -2.36. The van der Waals surface area contributed by atoms with Gasteiger partial charge in [-0.1, -0.05) is 6.92 Å². The van der Waals surface area contributed by atoms with Crippen LogP contribution in [0.5, 0.6) is 0 Å². The number of hydrogen-bond acceptors (Lipinski definition) is 3. The van der Waals surface area contributed by atoms with E-state index in [1.54, 1.807) is 0 Å². The Bertz CT molecular complexity index is 199. The number of ether oxygens (including phenoxy) is 1. The van der Waals surface area contributed by atoms with Gasteiger partial charge in [0.15, 0.2) is 0 Å². The Labute approximate surface area is 72.5 Å². The average molecular weight is 169 g/mol. The van der Waals surface area contributed by atoms with E-state index in [-0.39, 0.29) is 12.0 Å². The third-order valence-corrected chi connectivity index (χ3v) is 2.81. The molecule has 2 rings (SSSR count). The quantitative estimate of drug-likeness (QED) is 0.632. The van der Waals surface area contributed by atoms with Crippen molar-refractivity contribution in [1.29, 1.82) is 0 Å². The van der Waals surface area contributed by atoms with Gasteiger partial charge in [-0.15, -0.1) is 0 Å². The molecular weight excluding hydrogens is 154 g/mol. The lowest BCUT2D eigenvalue weighted by molar-refractivity contribution is -0.139. The molecule has 1 unspecified atom stereocenters. The monoisotopic (exact) mass is 169 g/mol. The zero-order valence-corrected chi connectivity index (χ0v) is 7.43. The van der Waals surface area contributed by atoms with Crippen molar-refractivity contribution in [2.75, 3.05) is 13.2 Å². The van der Waals surface area contributed by atoms with E-state index >= 15 is 0 Å². The SMILES string of the molecule is CC1(CNC2CCOC2=O)CC1. The summed E-state index contributed by atoms with van der Waals surface area (Å²) >= 11 is 0. The van der Waals surface area contributed by atoms with Crippen LogP contribution in [0.25, 0.3) is 0 Å². The molecule has 1 aliphatic heterocycles. The lowest BCUT2D eigenvalue weighted by Gasteiger charge is -2.12. The van der Waals surface area contributed by atoms with Gasteiger partial charge in [0.1, 0.15) is 6.04 Å². The Morgan fingerprint density at radius 3 is 2.92 bits per heavy atom. The van der Waals surface area contributed by atoms with E-state index in [2.05, 4.69) is 12.2 Å². The van der Waals surface area contributed by atoms with Crippen molar-refractivity contribution in [3.63, 3.8) is 0 Å². The van der Waals surface area contributed by atoms with Crippen molar-refractivity contribution in [1.82, 2.24) is 5.32 Å². The van der Waals surface area contributed by atoms with Gasteiger partial charge >= 0.3 is 5.97 Å². The predicted molar refractivity (Wildman–Crippen MR) is 44.7 cm³/mol. The number of nitrogens with one attached hydrogen (secondary N) is 1. The molecule has 3 nitrogen and oxygen atoms in total. The summed E-state index contributed by atoms with van der Waals surface area (Å²) in [5.74, 6) is -0.0701. The fraction of sp³-hybridized carbons (Fsp3) is 0.889. The fourth-order valence-corrected chi connectivity index (χ4v) is 1.44. The molecule has 0 aromatic heterocycles. The van der Waals surface area contributed by atoms with Gasteiger partial charge in [-0.25, -0.2) is 0 Å². The third kappa shape index (κ3) is 1.61. The smallest absolute Gasteiger partial charge is 0.323 e. The molecular formula is C9H15NO2. The van der Waals surface area contributed by atoms with Gasteiger partial charge in [-0.05, 0) is 18.3 Å². The zero-order valence-electron chi connectivity index (χ0n) is 7.43. The summed E-state index contributed by atoms with van der Waals surface area (Å²) in [6.07, 6.45) is 3.43. The second-order valence-electron chi connectivity index (χ2n) is 4.20. The van der Waals surface area contributed by atoms with E-state index in [0.717, 1.165) is 13.0 Å². The Balaban J connectivity index is 1.75. The standard InChI is InChI=1S/C9H15NO2/c1-9(3-4-9)6-10-7-2-5-12-8(7)11/h7,10H,2-6H2,1H3. The van der Waals surface area contributed by atoms with E-state index in [9.17, 15) is 4.79 Å². The topological polar surface area (TPSA) is 38.3 Å². The summed E-state index contributed by atoms with van der Waals surface area (Å²) in [5.41, 5.74) is 0.475. The van der Waals surface area contributed by atoms with Crippen molar-refractivity contribution >= 4 is 5.97 Å². The molecule has 3 heteroatoms. The van der Waals surface area contributed by atoms with Crippen LogP contribution in [0.3, 0.4) is 0 Å². The highest BCUT2D eigenvalue weighted by Crippen LogP contribution is 2.44. The van der Waals surface area contributed by atoms with Gasteiger partial charge in [-0.3, -0.25) is 4.79 Å². The van der Waals surface area contributed by atoms with Crippen LogP contribution < -0.4 is 5.32 Å². The zero-order chi connectivity index (χ0) is 8.60. The van der Waals surface area contributed by atoms with Gasteiger partial charge in [0, 0.05) is 13.0 Å². The van der Waals surface area contributed by atoms with Gasteiger partial charge in [0.05, 0.1) is 6.61 Å². The largest absolute Gasteiger partial charge is 0.464 e. The molecule has 1 saturated heterocycles. The molecule has 0 bridgehead atoms. The molecule has 2 aliphatic rings. The Hall–Kier alpha value is -0.570. The summed E-state index contributed by atoms with van der Waals surface area (Å²) < 4.78 is 4.85. The van der Waals surface area contributed by atoms with Crippen LogP contribution in [0.1, 0.15) is 26.2 Å². The first-order chi connectivity index (χ1) is 5.70. The maximum atomic E-state index is 11.0. The molecule has 1 N–H and O–H groups in total. The normalized spacial score (nSPS) is 31.8. The summed E-state index contributed by atoms with van der Waals surface area (Å²) in [4.78, 5) is 11.0. The average Bonchev–Trinajstić information content (AvgIpc) is 2.61. The summed E-state index contributed by atoms with van der Waals surface area (Å²) in [5, 5.41) is 3.26. The van der Waals surface area contributed by atoms with Crippen molar-refractivity contribution in [2.24, 2.45) is 5.41 Å². The molecule has 1 atom stereocenters. The summed E-state index contributed by atoms with van der Waals surface area (Å²) in [7, 11) is 0. The molecule has 1 heterocycles. The van der Waals surface area contributed by atoms with Crippen LogP contribution >= 0.6 is 0 Å². The highest BCUT2D eigenvalue weighted by Gasteiger charge is 2.38. The Morgan fingerprint density at radius 2 is 2.42 bits per heavy atom. The minimum atomic E-state index is -0.0701. The predicted octanol–water partition coefficient (Wildman–Crippen LogP) is 0.692. The van der Waals surface area contributed by atoms with Crippen molar-refractivity contribution in [2.45, 2.75) is 32.2 Å². The van der Waals surface area contributed by atoms with Gasteiger partial charge < -0.3 is 10.1 Å². The number of rotatable bonds is 3. The highest BCUT2D eigenvalue weighted by molar-refractivity contribution is 5.77. The minimum Gasteiger partial charge on any atom is -0.464 e. The van der Waals surface area contributed by atoms with Crippen LogP contribution in [-0.2, 0) is 9.53 Å². The van der Waals surface area contributed by atoms with Crippen molar-refractivity contribution in [3.8, 4) is 0 Å². The molecule has 68 valence electrons. The Kier molecular flexibility index (Phi) is 1.83. The highest BCUT2D eigenvalue weighted by atomic mass is 16.5. The first kappa shape index (κ1) is 8.05. The molecule has 0 amide bonds.